The van der Waals surface area contributed by atoms with Gasteiger partial charge in [-0.05, 0) is 13.8 Å². The quantitative estimate of drug-likeness (QED) is 0.780. The third-order valence-corrected chi connectivity index (χ3v) is 2.91. The Morgan fingerprint density at radius 3 is 2.59 bits per heavy atom. The molecule has 0 saturated heterocycles. The number of hydrogen-bond acceptors (Lipinski definition) is 6. The third-order valence-electron chi connectivity index (χ3n) is 1.97. The van der Waals surface area contributed by atoms with E-state index in [-0.39, 0.29) is 5.75 Å². The van der Waals surface area contributed by atoms with Crippen LogP contribution in [0, 0.1) is 6.92 Å². The number of nitrogens with one attached hydrogen (secondary N) is 2. The van der Waals surface area contributed by atoms with Crippen LogP contribution < -0.4 is 10.6 Å². The van der Waals surface area contributed by atoms with Gasteiger partial charge in [-0.25, -0.2) is 13.4 Å². The second-order valence-electron chi connectivity index (χ2n) is 3.81. The highest BCUT2D eigenvalue weighted by Crippen LogP contribution is 2.08. The largest absolute Gasteiger partial charge is 0.369 e. The van der Waals surface area contributed by atoms with E-state index < -0.39 is 9.84 Å². The SMILES string of the molecule is CCNc1nc(C)cc(NCCS(C)(=O)=O)n1. The molecule has 1 rings (SSSR count). The number of hydrogen-bond donors (Lipinski definition) is 2. The van der Waals surface area contributed by atoms with E-state index >= 15 is 0 Å². The van der Waals surface area contributed by atoms with Crippen LogP contribution in [0.15, 0.2) is 6.07 Å². The molecule has 1 aromatic rings. The predicted octanol–water partition coefficient (Wildman–Crippen LogP) is 0.673. The smallest absolute Gasteiger partial charge is 0.224 e. The molecule has 96 valence electrons. The molecule has 1 aromatic heterocycles. The maximum absolute atomic E-state index is 11.0. The summed E-state index contributed by atoms with van der Waals surface area (Å²) < 4.78 is 21.9. The summed E-state index contributed by atoms with van der Waals surface area (Å²) in [5, 5.41) is 5.99. The van der Waals surface area contributed by atoms with Crippen LogP contribution in [0.3, 0.4) is 0 Å². The van der Waals surface area contributed by atoms with Gasteiger partial charge in [0.25, 0.3) is 0 Å². The molecule has 6 nitrogen and oxygen atoms in total. The number of rotatable bonds is 6. The molecule has 7 heteroatoms. The average molecular weight is 258 g/mol. The Bertz CT molecular complexity index is 473. The van der Waals surface area contributed by atoms with Crippen molar-refractivity contribution in [2.24, 2.45) is 0 Å². The topological polar surface area (TPSA) is 84.0 Å². The number of anilines is 2. The summed E-state index contributed by atoms with van der Waals surface area (Å²) in [5.74, 6) is 1.28. The monoisotopic (exact) mass is 258 g/mol. The summed E-state index contributed by atoms with van der Waals surface area (Å²) in [7, 11) is -2.95. The van der Waals surface area contributed by atoms with Crippen LogP contribution in [0.5, 0.6) is 0 Å². The second-order valence-corrected chi connectivity index (χ2v) is 6.06. The molecule has 1 heterocycles. The first-order valence-corrected chi connectivity index (χ1v) is 7.48. The summed E-state index contributed by atoms with van der Waals surface area (Å²) in [6.45, 7) is 4.92. The fraction of sp³-hybridized carbons (Fsp3) is 0.600. The van der Waals surface area contributed by atoms with Crippen LogP contribution in [0.25, 0.3) is 0 Å². The van der Waals surface area contributed by atoms with Gasteiger partial charge < -0.3 is 10.6 Å². The average Bonchev–Trinajstić information content (AvgIpc) is 2.15. The lowest BCUT2D eigenvalue weighted by Gasteiger charge is -2.08. The Kier molecular flexibility index (Phi) is 4.68. The van der Waals surface area contributed by atoms with Gasteiger partial charge in [0, 0.05) is 31.1 Å². The molecule has 0 amide bonds. The Balaban J connectivity index is 2.64. The Morgan fingerprint density at radius 2 is 2.00 bits per heavy atom. The van der Waals surface area contributed by atoms with Gasteiger partial charge in [-0.1, -0.05) is 0 Å². The van der Waals surface area contributed by atoms with Gasteiger partial charge in [0.1, 0.15) is 15.7 Å². The standard InChI is InChI=1S/C10H18N4O2S/c1-4-11-10-13-8(2)7-9(14-10)12-5-6-17(3,15)16/h7H,4-6H2,1-3H3,(H2,11,12,13,14). The summed E-state index contributed by atoms with van der Waals surface area (Å²) in [5.41, 5.74) is 0.831. The van der Waals surface area contributed by atoms with Crippen molar-refractivity contribution in [3.8, 4) is 0 Å². The fourth-order valence-corrected chi connectivity index (χ4v) is 1.73. The highest BCUT2D eigenvalue weighted by molar-refractivity contribution is 7.90. The third kappa shape index (κ3) is 5.48. The van der Waals surface area contributed by atoms with Crippen molar-refractivity contribution in [2.45, 2.75) is 13.8 Å². The lowest BCUT2D eigenvalue weighted by Crippen LogP contribution is -2.15. The zero-order chi connectivity index (χ0) is 12.9. The van der Waals surface area contributed by atoms with Gasteiger partial charge in [-0.2, -0.15) is 4.98 Å². The first-order valence-electron chi connectivity index (χ1n) is 5.42. The van der Waals surface area contributed by atoms with Crippen molar-refractivity contribution in [1.29, 1.82) is 0 Å². The Hall–Kier alpha value is -1.37. The molecule has 2 N–H and O–H groups in total. The first kappa shape index (κ1) is 13.7. The Labute approximate surface area is 102 Å². The van der Waals surface area contributed by atoms with Crippen LogP contribution in [0.2, 0.25) is 0 Å². The fourth-order valence-electron chi connectivity index (χ4n) is 1.26. The number of sulfone groups is 1. The van der Waals surface area contributed by atoms with E-state index in [1.165, 1.54) is 6.26 Å². The van der Waals surface area contributed by atoms with E-state index in [9.17, 15) is 8.42 Å². The van der Waals surface area contributed by atoms with Crippen LogP contribution in [-0.4, -0.2) is 43.5 Å². The van der Waals surface area contributed by atoms with E-state index in [4.69, 9.17) is 0 Å². The maximum atomic E-state index is 11.0. The highest BCUT2D eigenvalue weighted by Gasteiger charge is 2.04. The van der Waals surface area contributed by atoms with Gasteiger partial charge in [-0.15, -0.1) is 0 Å². The summed E-state index contributed by atoms with van der Waals surface area (Å²) in [6, 6.07) is 1.78. The minimum Gasteiger partial charge on any atom is -0.369 e. The van der Waals surface area contributed by atoms with Crippen molar-refractivity contribution in [3.63, 3.8) is 0 Å². The van der Waals surface area contributed by atoms with Crippen molar-refractivity contribution in [2.75, 3.05) is 35.7 Å². The van der Waals surface area contributed by atoms with Gasteiger partial charge in [0.2, 0.25) is 5.95 Å². The molecular weight excluding hydrogens is 240 g/mol. The second kappa shape index (κ2) is 5.81. The molecule has 0 saturated carbocycles. The molecule has 0 aliphatic heterocycles. The molecule has 0 radical (unpaired) electrons. The lowest BCUT2D eigenvalue weighted by atomic mass is 10.4. The van der Waals surface area contributed by atoms with Gasteiger partial charge in [0.15, 0.2) is 0 Å². The molecule has 0 spiro atoms. The highest BCUT2D eigenvalue weighted by atomic mass is 32.2. The number of nitrogens with zero attached hydrogens (tertiary/aromatic N) is 2. The van der Waals surface area contributed by atoms with E-state index in [0.717, 1.165) is 12.2 Å². The van der Waals surface area contributed by atoms with Crippen molar-refractivity contribution < 1.29 is 8.42 Å². The maximum Gasteiger partial charge on any atom is 0.224 e. The van der Waals surface area contributed by atoms with E-state index in [1.54, 1.807) is 6.07 Å². The van der Waals surface area contributed by atoms with Crippen LogP contribution >= 0.6 is 0 Å². The van der Waals surface area contributed by atoms with Gasteiger partial charge in [0.05, 0.1) is 5.75 Å². The van der Waals surface area contributed by atoms with Gasteiger partial charge in [-0.3, -0.25) is 0 Å². The van der Waals surface area contributed by atoms with Crippen LogP contribution in [0.4, 0.5) is 11.8 Å². The zero-order valence-electron chi connectivity index (χ0n) is 10.3. The van der Waals surface area contributed by atoms with Crippen molar-refractivity contribution >= 4 is 21.6 Å². The zero-order valence-corrected chi connectivity index (χ0v) is 11.1. The summed E-state index contributed by atoms with van der Waals surface area (Å²) in [4.78, 5) is 8.41. The molecule has 0 unspecified atom stereocenters. The van der Waals surface area contributed by atoms with Crippen molar-refractivity contribution in [3.05, 3.63) is 11.8 Å². The summed E-state index contributed by atoms with van der Waals surface area (Å²) in [6.07, 6.45) is 1.21. The van der Waals surface area contributed by atoms with Crippen molar-refractivity contribution in [1.82, 2.24) is 9.97 Å². The summed E-state index contributed by atoms with van der Waals surface area (Å²) >= 11 is 0. The van der Waals surface area contributed by atoms with E-state index in [1.807, 2.05) is 13.8 Å². The molecule has 0 aliphatic rings. The van der Waals surface area contributed by atoms with Crippen LogP contribution in [0.1, 0.15) is 12.6 Å². The number of aromatic nitrogens is 2. The molecule has 0 aliphatic carbocycles. The molecule has 0 atom stereocenters. The minimum absolute atomic E-state index is 0.0899. The normalized spacial score (nSPS) is 11.2. The van der Waals surface area contributed by atoms with Gasteiger partial charge >= 0.3 is 0 Å². The lowest BCUT2D eigenvalue weighted by molar-refractivity contribution is 0.602. The molecular formula is C10H18N4O2S. The minimum atomic E-state index is -2.95. The van der Waals surface area contributed by atoms with Crippen LogP contribution in [-0.2, 0) is 9.84 Å². The molecule has 0 bridgehead atoms. The molecule has 0 aromatic carbocycles. The van der Waals surface area contributed by atoms with E-state index in [0.29, 0.717) is 18.3 Å². The Morgan fingerprint density at radius 1 is 1.29 bits per heavy atom. The first-order chi connectivity index (χ1) is 7.90. The predicted molar refractivity (Wildman–Crippen MR) is 69.1 cm³/mol. The number of aryl methyl sites for hydroxylation is 1. The molecule has 17 heavy (non-hydrogen) atoms. The molecule has 0 fully saturated rings. The van der Waals surface area contributed by atoms with E-state index in [2.05, 4.69) is 20.6 Å².